The number of hydrogen-bond donors (Lipinski definition) is 1. The minimum Gasteiger partial charge on any atom is -0.342 e. The molecular weight excluding hydrogens is 326 g/mol. The average Bonchev–Trinajstić information content (AvgIpc) is 2.68. The van der Waals surface area contributed by atoms with Crippen molar-refractivity contribution in [1.82, 2.24) is 25.1 Å². The molecule has 26 heavy (non-hydrogen) atoms. The van der Waals surface area contributed by atoms with E-state index in [0.717, 1.165) is 70.3 Å². The molecule has 0 unspecified atom stereocenters. The molecule has 1 aromatic heterocycles. The third-order valence-corrected chi connectivity index (χ3v) is 6.14. The first-order valence-electron chi connectivity index (χ1n) is 10.2. The third-order valence-electron chi connectivity index (χ3n) is 6.14. The van der Waals surface area contributed by atoms with Gasteiger partial charge in [0.2, 0.25) is 5.91 Å². The molecule has 142 valence electrons. The zero-order chi connectivity index (χ0) is 17.9. The van der Waals surface area contributed by atoms with Gasteiger partial charge < -0.3 is 10.2 Å². The van der Waals surface area contributed by atoms with Gasteiger partial charge in [-0.3, -0.25) is 9.69 Å². The van der Waals surface area contributed by atoms with Gasteiger partial charge in [0, 0.05) is 62.5 Å². The Kier molecular flexibility index (Phi) is 5.50. The second kappa shape index (κ2) is 8.01. The van der Waals surface area contributed by atoms with Crippen molar-refractivity contribution in [2.24, 2.45) is 5.92 Å². The van der Waals surface area contributed by atoms with E-state index in [1.165, 1.54) is 24.1 Å². The number of carbonyl (C=O) groups is 1. The van der Waals surface area contributed by atoms with Crippen LogP contribution in [-0.2, 0) is 17.8 Å². The van der Waals surface area contributed by atoms with Crippen LogP contribution in [0.5, 0.6) is 0 Å². The van der Waals surface area contributed by atoms with Crippen molar-refractivity contribution >= 4 is 5.91 Å². The summed E-state index contributed by atoms with van der Waals surface area (Å²) in [6, 6.07) is 0. The van der Waals surface area contributed by atoms with E-state index in [0.29, 0.717) is 18.4 Å². The van der Waals surface area contributed by atoms with Crippen LogP contribution in [-0.4, -0.2) is 64.9 Å². The molecular formula is C20H31N5O. The Labute approximate surface area is 156 Å². The molecule has 3 aliphatic rings. The quantitative estimate of drug-likeness (QED) is 0.890. The molecule has 6 heteroatoms. The summed E-state index contributed by atoms with van der Waals surface area (Å²) >= 11 is 0. The number of aromatic nitrogens is 2. The molecule has 0 aromatic carbocycles. The molecule has 0 spiro atoms. The van der Waals surface area contributed by atoms with E-state index in [9.17, 15) is 4.79 Å². The zero-order valence-electron chi connectivity index (χ0n) is 15.9. The largest absolute Gasteiger partial charge is 0.342 e. The number of piperidine rings is 2. The summed E-state index contributed by atoms with van der Waals surface area (Å²) in [4.78, 5) is 26.5. The number of hydrogen-bond acceptors (Lipinski definition) is 5. The van der Waals surface area contributed by atoms with Gasteiger partial charge in [-0.15, -0.1) is 0 Å². The van der Waals surface area contributed by atoms with Crippen LogP contribution in [0.2, 0.25) is 0 Å². The maximum Gasteiger partial charge on any atom is 0.236 e. The molecule has 2 fully saturated rings. The molecule has 2 saturated heterocycles. The van der Waals surface area contributed by atoms with Gasteiger partial charge in [-0.1, -0.05) is 6.92 Å². The second-order valence-corrected chi connectivity index (χ2v) is 8.26. The highest BCUT2D eigenvalue weighted by molar-refractivity contribution is 5.78. The van der Waals surface area contributed by atoms with Crippen molar-refractivity contribution < 1.29 is 4.79 Å². The Morgan fingerprint density at radius 3 is 2.92 bits per heavy atom. The predicted octanol–water partition coefficient (Wildman–Crippen LogP) is 1.56. The van der Waals surface area contributed by atoms with Crippen LogP contribution in [0.1, 0.15) is 55.6 Å². The molecule has 0 saturated carbocycles. The van der Waals surface area contributed by atoms with Crippen molar-refractivity contribution in [3.8, 4) is 0 Å². The average molecular weight is 358 g/mol. The number of nitrogens with one attached hydrogen (secondary N) is 1. The summed E-state index contributed by atoms with van der Waals surface area (Å²) in [6.45, 7) is 8.60. The van der Waals surface area contributed by atoms with Gasteiger partial charge in [-0.2, -0.15) is 0 Å². The van der Waals surface area contributed by atoms with Crippen molar-refractivity contribution in [1.29, 1.82) is 0 Å². The van der Waals surface area contributed by atoms with Crippen LogP contribution < -0.4 is 5.32 Å². The van der Waals surface area contributed by atoms with E-state index in [1.54, 1.807) is 0 Å². The van der Waals surface area contributed by atoms with E-state index < -0.39 is 0 Å². The minimum atomic E-state index is 0.301. The SMILES string of the molecule is C[C@@H]1CCCN(CC(=O)N2CCC(c3ncc4c(n3)CCNC4)CC2)C1. The molecule has 0 radical (unpaired) electrons. The smallest absolute Gasteiger partial charge is 0.236 e. The Hall–Kier alpha value is -1.53. The summed E-state index contributed by atoms with van der Waals surface area (Å²) in [7, 11) is 0. The van der Waals surface area contributed by atoms with Crippen LogP contribution in [0.3, 0.4) is 0 Å². The van der Waals surface area contributed by atoms with Crippen molar-refractivity contribution in [3.63, 3.8) is 0 Å². The number of amides is 1. The van der Waals surface area contributed by atoms with Gasteiger partial charge in [-0.25, -0.2) is 9.97 Å². The number of likely N-dealkylation sites (tertiary alicyclic amines) is 2. The molecule has 0 bridgehead atoms. The lowest BCUT2D eigenvalue weighted by Crippen LogP contribution is -2.46. The Morgan fingerprint density at radius 2 is 2.12 bits per heavy atom. The molecule has 1 atom stereocenters. The first-order valence-corrected chi connectivity index (χ1v) is 10.2. The number of fused-ring (bicyclic) bond motifs is 1. The molecule has 1 aromatic rings. The first-order chi connectivity index (χ1) is 12.7. The fourth-order valence-corrected chi connectivity index (χ4v) is 4.56. The summed E-state index contributed by atoms with van der Waals surface area (Å²) in [5.74, 6) is 2.41. The minimum absolute atomic E-state index is 0.301. The molecule has 6 nitrogen and oxygen atoms in total. The molecule has 3 aliphatic heterocycles. The van der Waals surface area contributed by atoms with Gasteiger partial charge in [0.25, 0.3) is 0 Å². The van der Waals surface area contributed by atoms with Gasteiger partial charge in [0.15, 0.2) is 0 Å². The Bertz CT molecular complexity index is 641. The van der Waals surface area contributed by atoms with Gasteiger partial charge >= 0.3 is 0 Å². The number of rotatable bonds is 3. The molecule has 4 rings (SSSR count). The standard InChI is InChI=1S/C20H31N5O/c1-15-3-2-8-24(13-15)14-19(26)25-9-5-16(6-10-25)20-22-12-17-11-21-7-4-18(17)23-20/h12,15-16,21H,2-11,13-14H2,1H3/t15-/m1/s1. The summed E-state index contributed by atoms with van der Waals surface area (Å²) < 4.78 is 0. The van der Waals surface area contributed by atoms with Crippen LogP contribution in [0.25, 0.3) is 0 Å². The molecule has 1 N–H and O–H groups in total. The van der Waals surface area contributed by atoms with Crippen molar-refractivity contribution in [2.75, 3.05) is 39.3 Å². The lowest BCUT2D eigenvalue weighted by atomic mass is 9.95. The van der Waals surface area contributed by atoms with Crippen LogP contribution in [0, 0.1) is 5.92 Å². The fourth-order valence-electron chi connectivity index (χ4n) is 4.56. The maximum absolute atomic E-state index is 12.7. The van der Waals surface area contributed by atoms with Gasteiger partial charge in [0.1, 0.15) is 5.82 Å². The van der Waals surface area contributed by atoms with E-state index in [2.05, 4.69) is 27.0 Å². The summed E-state index contributed by atoms with van der Waals surface area (Å²) in [5, 5.41) is 3.37. The van der Waals surface area contributed by atoms with E-state index in [4.69, 9.17) is 4.98 Å². The molecule has 0 aliphatic carbocycles. The lowest BCUT2D eigenvalue weighted by molar-refractivity contribution is -0.133. The monoisotopic (exact) mass is 357 g/mol. The highest BCUT2D eigenvalue weighted by atomic mass is 16.2. The predicted molar refractivity (Wildman–Crippen MR) is 101 cm³/mol. The van der Waals surface area contributed by atoms with E-state index in [1.807, 2.05) is 6.20 Å². The van der Waals surface area contributed by atoms with Crippen LogP contribution in [0.4, 0.5) is 0 Å². The van der Waals surface area contributed by atoms with E-state index in [-0.39, 0.29) is 0 Å². The summed E-state index contributed by atoms with van der Waals surface area (Å²) in [5.41, 5.74) is 2.45. The highest BCUT2D eigenvalue weighted by Crippen LogP contribution is 2.27. The van der Waals surface area contributed by atoms with Crippen LogP contribution >= 0.6 is 0 Å². The number of carbonyl (C=O) groups excluding carboxylic acids is 1. The highest BCUT2D eigenvalue weighted by Gasteiger charge is 2.28. The van der Waals surface area contributed by atoms with Crippen molar-refractivity contribution in [2.45, 2.75) is 51.5 Å². The summed E-state index contributed by atoms with van der Waals surface area (Å²) in [6.07, 6.45) is 7.49. The maximum atomic E-state index is 12.7. The molecule has 4 heterocycles. The third kappa shape index (κ3) is 4.07. The van der Waals surface area contributed by atoms with Crippen molar-refractivity contribution in [3.05, 3.63) is 23.3 Å². The Balaban J connectivity index is 1.30. The topological polar surface area (TPSA) is 61.4 Å². The zero-order valence-corrected chi connectivity index (χ0v) is 15.9. The normalized spacial score (nSPS) is 25.1. The molecule has 1 amide bonds. The van der Waals surface area contributed by atoms with Crippen LogP contribution in [0.15, 0.2) is 6.20 Å². The van der Waals surface area contributed by atoms with Gasteiger partial charge in [0.05, 0.1) is 6.54 Å². The fraction of sp³-hybridized carbons (Fsp3) is 0.750. The lowest BCUT2D eigenvalue weighted by Gasteiger charge is -2.35. The second-order valence-electron chi connectivity index (χ2n) is 8.26. The van der Waals surface area contributed by atoms with Gasteiger partial charge in [-0.05, 0) is 38.1 Å². The van der Waals surface area contributed by atoms with E-state index >= 15 is 0 Å². The first kappa shape index (κ1) is 17.9. The number of nitrogens with zero attached hydrogens (tertiary/aromatic N) is 4. The Morgan fingerprint density at radius 1 is 1.27 bits per heavy atom.